The molecule has 27 heavy (non-hydrogen) atoms. The third-order valence-corrected chi connectivity index (χ3v) is 3.94. The van der Waals surface area contributed by atoms with Crippen LogP contribution in [0.15, 0.2) is 59.7 Å². The van der Waals surface area contributed by atoms with Gasteiger partial charge in [-0.2, -0.15) is 14.9 Å². The van der Waals surface area contributed by atoms with E-state index in [1.807, 2.05) is 24.3 Å². The highest BCUT2D eigenvalue weighted by Crippen LogP contribution is 2.21. The molecule has 0 bridgehead atoms. The SMILES string of the molecule is COc1ccc(-c2n[nH]c(=S)n2/N=C\C=C\c2ccccc2[N+](=O)[O-])cc1. The number of hydrogen-bond donors (Lipinski definition) is 1. The Morgan fingerprint density at radius 1 is 1.26 bits per heavy atom. The Labute approximate surface area is 159 Å². The highest BCUT2D eigenvalue weighted by atomic mass is 32.1. The lowest BCUT2D eigenvalue weighted by molar-refractivity contribution is -0.385. The topological polar surface area (TPSA) is 98.3 Å². The van der Waals surface area contributed by atoms with Crippen LogP contribution in [-0.2, 0) is 0 Å². The molecule has 136 valence electrons. The first-order chi connectivity index (χ1) is 13.1. The summed E-state index contributed by atoms with van der Waals surface area (Å²) in [6, 6.07) is 13.8. The first kappa shape index (κ1) is 18.2. The van der Waals surface area contributed by atoms with E-state index in [9.17, 15) is 10.1 Å². The molecule has 3 aromatic rings. The number of hydrogen-bond acceptors (Lipinski definition) is 6. The largest absolute Gasteiger partial charge is 0.497 e. The Balaban J connectivity index is 1.85. The standard InChI is InChI=1S/C18H15N5O3S/c1-26-15-10-8-14(9-11-15)17-20-21-18(27)22(17)19-12-4-6-13-5-2-3-7-16(13)23(24)25/h2-12H,1H3,(H,21,27)/b6-4+,19-12-. The van der Waals surface area contributed by atoms with Gasteiger partial charge >= 0.3 is 0 Å². The minimum atomic E-state index is -0.426. The van der Waals surface area contributed by atoms with Crippen molar-refractivity contribution in [2.24, 2.45) is 5.10 Å². The number of nitro benzene ring substituents is 1. The lowest BCUT2D eigenvalue weighted by atomic mass is 10.2. The van der Waals surface area contributed by atoms with Gasteiger partial charge in [-0.05, 0) is 54.7 Å². The number of allylic oxidation sites excluding steroid dienone is 1. The molecule has 0 saturated carbocycles. The summed E-state index contributed by atoms with van der Waals surface area (Å²) in [5.41, 5.74) is 1.32. The molecule has 0 radical (unpaired) electrons. The summed E-state index contributed by atoms with van der Waals surface area (Å²) in [6.07, 6.45) is 4.71. The van der Waals surface area contributed by atoms with E-state index in [-0.39, 0.29) is 5.69 Å². The number of aromatic nitrogens is 3. The molecule has 0 unspecified atom stereocenters. The Morgan fingerprint density at radius 3 is 2.70 bits per heavy atom. The predicted molar refractivity (Wildman–Crippen MR) is 105 cm³/mol. The maximum atomic E-state index is 11.0. The highest BCUT2D eigenvalue weighted by Gasteiger charge is 2.09. The molecule has 0 spiro atoms. The Kier molecular flexibility index (Phi) is 5.53. The average Bonchev–Trinajstić information content (AvgIpc) is 3.06. The van der Waals surface area contributed by atoms with Gasteiger partial charge in [0.05, 0.1) is 17.6 Å². The van der Waals surface area contributed by atoms with Crippen LogP contribution in [0, 0.1) is 14.9 Å². The molecule has 0 aliphatic heterocycles. The van der Waals surface area contributed by atoms with E-state index in [1.54, 1.807) is 37.5 Å². The number of H-pyrrole nitrogens is 1. The summed E-state index contributed by atoms with van der Waals surface area (Å²) in [4.78, 5) is 10.6. The highest BCUT2D eigenvalue weighted by molar-refractivity contribution is 7.71. The molecule has 2 aromatic carbocycles. The van der Waals surface area contributed by atoms with Crippen LogP contribution in [0.25, 0.3) is 17.5 Å². The number of rotatable bonds is 6. The minimum absolute atomic E-state index is 0.0287. The molecule has 0 amide bonds. The van der Waals surface area contributed by atoms with Crippen molar-refractivity contribution in [3.05, 3.63) is 75.1 Å². The summed E-state index contributed by atoms with van der Waals surface area (Å²) in [6.45, 7) is 0. The van der Waals surface area contributed by atoms with Gasteiger partial charge < -0.3 is 4.74 Å². The molecule has 0 aliphatic carbocycles. The van der Waals surface area contributed by atoms with Crippen molar-refractivity contribution in [2.45, 2.75) is 0 Å². The molecule has 1 heterocycles. The predicted octanol–water partition coefficient (Wildman–Crippen LogP) is 4.07. The second kappa shape index (κ2) is 8.19. The molecular weight excluding hydrogens is 366 g/mol. The van der Waals surface area contributed by atoms with Gasteiger partial charge in [0, 0.05) is 17.8 Å². The zero-order chi connectivity index (χ0) is 19.2. The number of nitrogens with one attached hydrogen (secondary N) is 1. The van der Waals surface area contributed by atoms with E-state index in [2.05, 4.69) is 15.3 Å². The molecule has 1 aromatic heterocycles. The van der Waals surface area contributed by atoms with Crippen LogP contribution in [0.5, 0.6) is 5.75 Å². The van der Waals surface area contributed by atoms with Gasteiger partial charge in [0.1, 0.15) is 5.75 Å². The zero-order valence-corrected chi connectivity index (χ0v) is 15.1. The van der Waals surface area contributed by atoms with Crippen LogP contribution in [0.4, 0.5) is 5.69 Å². The van der Waals surface area contributed by atoms with Crippen LogP contribution < -0.4 is 4.74 Å². The van der Waals surface area contributed by atoms with Gasteiger partial charge in [-0.3, -0.25) is 10.1 Å². The fraction of sp³-hybridized carbons (Fsp3) is 0.0556. The van der Waals surface area contributed by atoms with Crippen molar-refractivity contribution in [3.8, 4) is 17.1 Å². The number of nitro groups is 1. The first-order valence-electron chi connectivity index (χ1n) is 7.86. The van der Waals surface area contributed by atoms with Crippen molar-refractivity contribution in [1.82, 2.24) is 14.9 Å². The molecular formula is C18H15N5O3S. The van der Waals surface area contributed by atoms with Gasteiger partial charge in [-0.15, -0.1) is 0 Å². The number of ether oxygens (including phenoxy) is 1. The minimum Gasteiger partial charge on any atom is -0.497 e. The van der Waals surface area contributed by atoms with E-state index in [0.29, 0.717) is 16.2 Å². The van der Waals surface area contributed by atoms with Crippen LogP contribution in [0.2, 0.25) is 0 Å². The Bertz CT molecular complexity index is 1070. The summed E-state index contributed by atoms with van der Waals surface area (Å²) in [5.74, 6) is 1.27. The molecule has 0 aliphatic rings. The van der Waals surface area contributed by atoms with E-state index in [0.717, 1.165) is 11.3 Å². The van der Waals surface area contributed by atoms with E-state index in [4.69, 9.17) is 17.0 Å². The smallest absolute Gasteiger partial charge is 0.276 e. The van der Waals surface area contributed by atoms with Crippen molar-refractivity contribution in [2.75, 3.05) is 7.11 Å². The number of benzene rings is 2. The van der Waals surface area contributed by atoms with Gasteiger partial charge in [-0.1, -0.05) is 12.1 Å². The third-order valence-electron chi connectivity index (χ3n) is 3.68. The molecule has 8 nitrogen and oxygen atoms in total. The van der Waals surface area contributed by atoms with E-state index < -0.39 is 4.92 Å². The maximum absolute atomic E-state index is 11.0. The lowest BCUT2D eigenvalue weighted by Crippen LogP contribution is -1.94. The van der Waals surface area contributed by atoms with Crippen molar-refractivity contribution < 1.29 is 9.66 Å². The number of aromatic amines is 1. The first-order valence-corrected chi connectivity index (χ1v) is 8.27. The Morgan fingerprint density at radius 2 is 2.00 bits per heavy atom. The van der Waals surface area contributed by atoms with Gasteiger partial charge in [0.25, 0.3) is 5.69 Å². The normalized spacial score (nSPS) is 11.3. The van der Waals surface area contributed by atoms with Gasteiger partial charge in [0.2, 0.25) is 4.77 Å². The fourth-order valence-corrected chi connectivity index (χ4v) is 2.55. The fourth-order valence-electron chi connectivity index (χ4n) is 2.37. The summed E-state index contributed by atoms with van der Waals surface area (Å²) in [7, 11) is 1.60. The summed E-state index contributed by atoms with van der Waals surface area (Å²) in [5, 5.41) is 22.2. The molecule has 0 fully saturated rings. The maximum Gasteiger partial charge on any atom is 0.276 e. The summed E-state index contributed by atoms with van der Waals surface area (Å²) >= 11 is 5.21. The quantitative estimate of drug-likeness (QED) is 0.300. The third kappa shape index (κ3) is 4.15. The van der Waals surface area contributed by atoms with Crippen molar-refractivity contribution in [3.63, 3.8) is 0 Å². The molecule has 0 atom stereocenters. The van der Waals surface area contributed by atoms with Crippen LogP contribution in [-0.4, -0.2) is 33.1 Å². The average molecular weight is 381 g/mol. The molecule has 0 saturated heterocycles. The summed E-state index contributed by atoms with van der Waals surface area (Å²) < 4.78 is 6.95. The van der Waals surface area contributed by atoms with Crippen LogP contribution in [0.3, 0.4) is 0 Å². The molecule has 3 rings (SSSR count). The second-order valence-electron chi connectivity index (χ2n) is 5.33. The zero-order valence-electron chi connectivity index (χ0n) is 14.3. The monoisotopic (exact) mass is 381 g/mol. The number of para-hydroxylation sites is 1. The van der Waals surface area contributed by atoms with Crippen molar-refractivity contribution in [1.29, 1.82) is 0 Å². The van der Waals surface area contributed by atoms with Crippen molar-refractivity contribution >= 4 is 30.2 Å². The molecule has 1 N–H and O–H groups in total. The molecule has 9 heteroatoms. The second-order valence-corrected chi connectivity index (χ2v) is 5.72. The van der Waals surface area contributed by atoms with Crippen LogP contribution in [0.1, 0.15) is 5.56 Å². The number of methoxy groups -OCH3 is 1. The number of nitrogens with zero attached hydrogens (tertiary/aromatic N) is 4. The Hall–Kier alpha value is -3.59. The van der Waals surface area contributed by atoms with Crippen LogP contribution >= 0.6 is 12.2 Å². The lowest BCUT2D eigenvalue weighted by Gasteiger charge is -2.02. The van der Waals surface area contributed by atoms with E-state index >= 15 is 0 Å². The van der Waals surface area contributed by atoms with Gasteiger partial charge in [0.15, 0.2) is 5.82 Å². The van der Waals surface area contributed by atoms with Gasteiger partial charge in [-0.25, -0.2) is 5.10 Å². The van der Waals surface area contributed by atoms with E-state index in [1.165, 1.54) is 17.0 Å².